The summed E-state index contributed by atoms with van der Waals surface area (Å²) in [6.45, 7) is 1.25. The first-order valence-electron chi connectivity index (χ1n) is 8.40. The van der Waals surface area contributed by atoms with Crippen LogP contribution in [0.2, 0.25) is 0 Å². The number of hydrogen-bond acceptors (Lipinski definition) is 5. The molecule has 1 fully saturated rings. The molecule has 0 aromatic carbocycles. The average Bonchev–Trinajstić information content (AvgIpc) is 3.20. The maximum atomic E-state index is 12.7. The summed E-state index contributed by atoms with van der Waals surface area (Å²) in [5, 5.41) is 14.9. The van der Waals surface area contributed by atoms with Gasteiger partial charge in [-0.3, -0.25) is 9.59 Å². The molecule has 1 unspecified atom stereocenters. The summed E-state index contributed by atoms with van der Waals surface area (Å²) in [7, 11) is 0. The average molecular weight is 347 g/mol. The number of ether oxygens (including phenoxy) is 1. The summed E-state index contributed by atoms with van der Waals surface area (Å²) < 4.78 is 5.54. The third-order valence-corrected chi connectivity index (χ3v) is 5.61. The van der Waals surface area contributed by atoms with Crippen LogP contribution in [0.4, 0.5) is 5.00 Å². The lowest BCUT2D eigenvalue weighted by molar-refractivity contribution is -0.115. The molecule has 2 N–H and O–H groups in total. The van der Waals surface area contributed by atoms with Crippen LogP contribution in [0, 0.1) is 11.3 Å². The molecule has 1 aliphatic carbocycles. The summed E-state index contributed by atoms with van der Waals surface area (Å²) in [5.74, 6) is -0.526. The molecule has 128 valence electrons. The smallest absolute Gasteiger partial charge is 0.254 e. The molecule has 1 aliphatic heterocycles. The second kappa shape index (κ2) is 7.77. The first-order chi connectivity index (χ1) is 11.7. The number of nitriles is 1. The number of nitrogens with zero attached hydrogens (tertiary/aromatic N) is 1. The van der Waals surface area contributed by atoms with E-state index in [-0.39, 0.29) is 24.3 Å². The van der Waals surface area contributed by atoms with Crippen molar-refractivity contribution in [1.29, 1.82) is 5.26 Å². The SMILES string of the molecule is N#CCC(=O)Nc1sc2c(c1C(=O)NCC1CCCO1)CCCC2. The van der Waals surface area contributed by atoms with E-state index in [1.165, 1.54) is 16.2 Å². The minimum Gasteiger partial charge on any atom is -0.376 e. The van der Waals surface area contributed by atoms with Gasteiger partial charge in [0, 0.05) is 18.0 Å². The molecule has 2 amide bonds. The van der Waals surface area contributed by atoms with Gasteiger partial charge in [-0.05, 0) is 44.1 Å². The van der Waals surface area contributed by atoms with E-state index in [1.54, 1.807) is 0 Å². The van der Waals surface area contributed by atoms with Crippen molar-refractivity contribution in [3.63, 3.8) is 0 Å². The Labute approximate surface area is 145 Å². The van der Waals surface area contributed by atoms with Crippen LogP contribution in [0.3, 0.4) is 0 Å². The molecular formula is C17H21N3O3S. The number of fused-ring (bicyclic) bond motifs is 1. The monoisotopic (exact) mass is 347 g/mol. The van der Waals surface area contributed by atoms with Crippen molar-refractivity contribution in [3.8, 4) is 6.07 Å². The summed E-state index contributed by atoms with van der Waals surface area (Å²) in [4.78, 5) is 25.7. The lowest BCUT2D eigenvalue weighted by atomic mass is 9.95. The fourth-order valence-electron chi connectivity index (χ4n) is 3.24. The van der Waals surface area contributed by atoms with Crippen molar-refractivity contribution in [3.05, 3.63) is 16.0 Å². The van der Waals surface area contributed by atoms with Crippen LogP contribution in [-0.4, -0.2) is 31.1 Å². The predicted octanol–water partition coefficient (Wildman–Crippen LogP) is 2.39. The van der Waals surface area contributed by atoms with E-state index >= 15 is 0 Å². The largest absolute Gasteiger partial charge is 0.376 e. The van der Waals surface area contributed by atoms with Crippen molar-refractivity contribution in [2.24, 2.45) is 0 Å². The molecule has 2 aliphatic rings. The Morgan fingerprint density at radius 1 is 1.29 bits per heavy atom. The van der Waals surface area contributed by atoms with E-state index in [0.717, 1.165) is 50.7 Å². The summed E-state index contributed by atoms with van der Waals surface area (Å²) in [6, 6.07) is 1.84. The molecule has 6 nitrogen and oxygen atoms in total. The Kier molecular flexibility index (Phi) is 5.48. The molecule has 1 atom stereocenters. The number of rotatable bonds is 5. The predicted molar refractivity (Wildman–Crippen MR) is 91.1 cm³/mol. The standard InChI is InChI=1S/C17H21N3O3S/c18-8-7-14(21)20-17-15(12-5-1-2-6-13(12)24-17)16(22)19-10-11-4-3-9-23-11/h11H,1-7,9-10H2,(H,19,22)(H,20,21). The Balaban J connectivity index is 1.78. The molecule has 1 saturated heterocycles. The molecule has 0 bridgehead atoms. The lowest BCUT2D eigenvalue weighted by Gasteiger charge is -2.15. The van der Waals surface area contributed by atoms with Gasteiger partial charge >= 0.3 is 0 Å². The highest BCUT2D eigenvalue weighted by atomic mass is 32.1. The van der Waals surface area contributed by atoms with Crippen LogP contribution in [0.25, 0.3) is 0 Å². The van der Waals surface area contributed by atoms with E-state index in [0.29, 0.717) is 17.1 Å². The lowest BCUT2D eigenvalue weighted by Crippen LogP contribution is -2.32. The van der Waals surface area contributed by atoms with Crippen LogP contribution in [0.1, 0.15) is 52.9 Å². The Morgan fingerprint density at radius 2 is 2.12 bits per heavy atom. The van der Waals surface area contributed by atoms with Gasteiger partial charge in [-0.2, -0.15) is 5.26 Å². The van der Waals surface area contributed by atoms with Gasteiger partial charge in [-0.1, -0.05) is 0 Å². The van der Waals surface area contributed by atoms with E-state index in [9.17, 15) is 9.59 Å². The van der Waals surface area contributed by atoms with Crippen LogP contribution in [0.15, 0.2) is 0 Å². The van der Waals surface area contributed by atoms with E-state index in [2.05, 4.69) is 10.6 Å². The van der Waals surface area contributed by atoms with E-state index in [1.807, 2.05) is 6.07 Å². The third-order valence-electron chi connectivity index (χ3n) is 4.41. The van der Waals surface area contributed by atoms with Crippen molar-refractivity contribution in [2.75, 3.05) is 18.5 Å². The zero-order valence-electron chi connectivity index (χ0n) is 13.5. The van der Waals surface area contributed by atoms with Gasteiger partial charge in [0.05, 0.1) is 17.7 Å². The summed E-state index contributed by atoms with van der Waals surface area (Å²) in [6.07, 6.45) is 5.84. The highest BCUT2D eigenvalue weighted by Crippen LogP contribution is 2.38. The molecular weight excluding hydrogens is 326 g/mol. The normalized spacial score (nSPS) is 19.4. The second-order valence-corrected chi connectivity index (χ2v) is 7.25. The van der Waals surface area contributed by atoms with Crippen LogP contribution in [0.5, 0.6) is 0 Å². The minimum atomic E-state index is -0.371. The second-order valence-electron chi connectivity index (χ2n) is 6.14. The van der Waals surface area contributed by atoms with Gasteiger partial charge in [0.2, 0.25) is 5.91 Å². The van der Waals surface area contributed by atoms with E-state index < -0.39 is 0 Å². The highest BCUT2D eigenvalue weighted by Gasteiger charge is 2.27. The molecule has 2 heterocycles. The molecule has 0 saturated carbocycles. The number of carbonyl (C=O) groups excluding carboxylic acids is 2. The number of aryl methyl sites for hydroxylation is 1. The molecule has 24 heavy (non-hydrogen) atoms. The van der Waals surface area contributed by atoms with Gasteiger partial charge in [-0.25, -0.2) is 0 Å². The fourth-order valence-corrected chi connectivity index (χ4v) is 4.54. The molecule has 3 rings (SSSR count). The topological polar surface area (TPSA) is 91.2 Å². The van der Waals surface area contributed by atoms with Gasteiger partial charge in [-0.15, -0.1) is 11.3 Å². The van der Waals surface area contributed by atoms with Crippen molar-refractivity contribution >= 4 is 28.2 Å². The summed E-state index contributed by atoms with van der Waals surface area (Å²) >= 11 is 1.47. The molecule has 0 radical (unpaired) electrons. The van der Waals surface area contributed by atoms with E-state index in [4.69, 9.17) is 10.00 Å². The number of nitrogens with one attached hydrogen (secondary N) is 2. The van der Waals surface area contributed by atoms with Gasteiger partial charge < -0.3 is 15.4 Å². The highest BCUT2D eigenvalue weighted by molar-refractivity contribution is 7.17. The van der Waals surface area contributed by atoms with Crippen molar-refractivity contribution in [2.45, 2.75) is 51.0 Å². The number of amides is 2. The summed E-state index contributed by atoms with van der Waals surface area (Å²) in [5.41, 5.74) is 1.64. The maximum Gasteiger partial charge on any atom is 0.254 e. The van der Waals surface area contributed by atoms with Crippen LogP contribution >= 0.6 is 11.3 Å². The number of carbonyl (C=O) groups is 2. The van der Waals surface area contributed by atoms with Gasteiger partial charge in [0.25, 0.3) is 5.91 Å². The van der Waals surface area contributed by atoms with Crippen LogP contribution < -0.4 is 10.6 Å². The van der Waals surface area contributed by atoms with Crippen molar-refractivity contribution in [1.82, 2.24) is 5.32 Å². The maximum absolute atomic E-state index is 12.7. The fraction of sp³-hybridized carbons (Fsp3) is 0.588. The Bertz CT molecular complexity index is 671. The quantitative estimate of drug-likeness (QED) is 0.855. The Hall–Kier alpha value is -1.91. The van der Waals surface area contributed by atoms with Gasteiger partial charge in [0.15, 0.2) is 0 Å². The Morgan fingerprint density at radius 3 is 2.88 bits per heavy atom. The number of anilines is 1. The van der Waals surface area contributed by atoms with Crippen molar-refractivity contribution < 1.29 is 14.3 Å². The van der Waals surface area contributed by atoms with Crippen LogP contribution in [-0.2, 0) is 22.4 Å². The zero-order chi connectivity index (χ0) is 16.9. The zero-order valence-corrected chi connectivity index (χ0v) is 14.3. The molecule has 1 aromatic heterocycles. The first-order valence-corrected chi connectivity index (χ1v) is 9.22. The molecule has 0 spiro atoms. The first kappa shape index (κ1) is 16.9. The number of hydrogen-bond donors (Lipinski definition) is 2. The minimum absolute atomic E-state index is 0.0834. The molecule has 1 aromatic rings. The third kappa shape index (κ3) is 3.77. The van der Waals surface area contributed by atoms with Gasteiger partial charge in [0.1, 0.15) is 11.4 Å². The number of thiophene rings is 1. The molecule has 7 heteroatoms.